The Morgan fingerprint density at radius 2 is 1.86 bits per heavy atom. The lowest BCUT2D eigenvalue weighted by molar-refractivity contribution is 0.563. The second-order valence-electron chi connectivity index (χ2n) is 6.13. The molecule has 1 atom stereocenters. The van der Waals surface area contributed by atoms with E-state index >= 15 is 0 Å². The molecular formula is C19H22FN. The molecule has 1 unspecified atom stereocenters. The van der Waals surface area contributed by atoms with Gasteiger partial charge in [-0.3, -0.25) is 0 Å². The highest BCUT2D eigenvalue weighted by Gasteiger charge is 2.22. The molecule has 0 bridgehead atoms. The number of hydrogen-bond acceptors (Lipinski definition) is 1. The Morgan fingerprint density at radius 3 is 2.48 bits per heavy atom. The fourth-order valence-corrected chi connectivity index (χ4v) is 2.59. The minimum absolute atomic E-state index is 0.130. The van der Waals surface area contributed by atoms with Crippen LogP contribution in [0.15, 0.2) is 42.5 Å². The largest absolute Gasteiger partial charge is 0.306 e. The third-order valence-electron chi connectivity index (χ3n) is 4.34. The summed E-state index contributed by atoms with van der Waals surface area (Å²) >= 11 is 0. The van der Waals surface area contributed by atoms with Gasteiger partial charge in [0.1, 0.15) is 5.82 Å². The maximum Gasteiger partial charge on any atom is 0.126 e. The second kappa shape index (κ2) is 5.98. The van der Waals surface area contributed by atoms with Gasteiger partial charge < -0.3 is 5.32 Å². The van der Waals surface area contributed by atoms with Crippen molar-refractivity contribution < 1.29 is 4.39 Å². The van der Waals surface area contributed by atoms with Crippen molar-refractivity contribution in [1.82, 2.24) is 5.32 Å². The van der Waals surface area contributed by atoms with E-state index in [9.17, 15) is 4.39 Å². The second-order valence-corrected chi connectivity index (χ2v) is 6.13. The molecule has 0 amide bonds. The molecule has 2 heteroatoms. The predicted octanol–water partition coefficient (Wildman–Crippen LogP) is 4.86. The first-order valence-electron chi connectivity index (χ1n) is 7.72. The van der Waals surface area contributed by atoms with E-state index in [-0.39, 0.29) is 11.9 Å². The Morgan fingerprint density at radius 1 is 1.14 bits per heavy atom. The zero-order chi connectivity index (χ0) is 14.8. The molecule has 0 spiro atoms. The van der Waals surface area contributed by atoms with E-state index in [0.29, 0.717) is 5.56 Å². The van der Waals surface area contributed by atoms with Gasteiger partial charge in [-0.05, 0) is 60.9 Å². The van der Waals surface area contributed by atoms with Gasteiger partial charge in [-0.15, -0.1) is 0 Å². The molecule has 1 nitrogen and oxygen atoms in total. The first kappa shape index (κ1) is 14.3. The van der Waals surface area contributed by atoms with Gasteiger partial charge in [0.2, 0.25) is 0 Å². The highest BCUT2D eigenvalue weighted by Crippen LogP contribution is 2.39. The smallest absolute Gasteiger partial charge is 0.126 e. The summed E-state index contributed by atoms with van der Waals surface area (Å²) in [5.41, 5.74) is 4.43. The van der Waals surface area contributed by atoms with Crippen LogP contribution in [0.4, 0.5) is 4.39 Å². The molecule has 0 aliphatic heterocycles. The van der Waals surface area contributed by atoms with Crippen molar-refractivity contribution in [3.8, 4) is 0 Å². The Kier molecular flexibility index (Phi) is 4.07. The third kappa shape index (κ3) is 3.51. The lowest BCUT2D eigenvalue weighted by Crippen LogP contribution is -2.18. The van der Waals surface area contributed by atoms with Crippen LogP contribution in [0.25, 0.3) is 0 Å². The minimum Gasteiger partial charge on any atom is -0.306 e. The average molecular weight is 283 g/mol. The van der Waals surface area contributed by atoms with Crippen LogP contribution in [0.1, 0.15) is 54.0 Å². The Labute approximate surface area is 126 Å². The molecule has 0 saturated heterocycles. The van der Waals surface area contributed by atoms with Crippen LogP contribution >= 0.6 is 0 Å². The fourth-order valence-electron chi connectivity index (χ4n) is 2.59. The number of rotatable bonds is 5. The highest BCUT2D eigenvalue weighted by atomic mass is 19.1. The zero-order valence-electron chi connectivity index (χ0n) is 12.7. The van der Waals surface area contributed by atoms with Crippen LogP contribution in [0.2, 0.25) is 0 Å². The van der Waals surface area contributed by atoms with Crippen molar-refractivity contribution in [3.05, 3.63) is 70.5 Å². The van der Waals surface area contributed by atoms with Crippen molar-refractivity contribution in [1.29, 1.82) is 0 Å². The molecule has 1 saturated carbocycles. The summed E-state index contributed by atoms with van der Waals surface area (Å²) < 4.78 is 13.6. The van der Waals surface area contributed by atoms with E-state index in [2.05, 4.69) is 36.5 Å². The van der Waals surface area contributed by atoms with Crippen LogP contribution < -0.4 is 5.32 Å². The summed E-state index contributed by atoms with van der Waals surface area (Å²) in [4.78, 5) is 0. The van der Waals surface area contributed by atoms with E-state index in [1.54, 1.807) is 13.0 Å². The van der Waals surface area contributed by atoms with Crippen LogP contribution in [0, 0.1) is 12.7 Å². The van der Waals surface area contributed by atoms with E-state index in [1.165, 1.54) is 24.0 Å². The third-order valence-corrected chi connectivity index (χ3v) is 4.34. The number of halogens is 1. The first-order chi connectivity index (χ1) is 10.1. The zero-order valence-corrected chi connectivity index (χ0v) is 12.7. The summed E-state index contributed by atoms with van der Waals surface area (Å²) in [5.74, 6) is 0.677. The lowest BCUT2D eigenvalue weighted by atomic mass is 10.0. The lowest BCUT2D eigenvalue weighted by Gasteiger charge is -2.15. The Balaban J connectivity index is 1.59. The molecule has 2 aromatic rings. The first-order valence-corrected chi connectivity index (χ1v) is 7.72. The van der Waals surface area contributed by atoms with Gasteiger partial charge in [-0.2, -0.15) is 0 Å². The van der Waals surface area contributed by atoms with E-state index in [1.807, 2.05) is 12.1 Å². The number of aryl methyl sites for hydroxylation is 1. The van der Waals surface area contributed by atoms with Gasteiger partial charge >= 0.3 is 0 Å². The fraction of sp³-hybridized carbons (Fsp3) is 0.368. The monoisotopic (exact) mass is 283 g/mol. The van der Waals surface area contributed by atoms with Crippen molar-refractivity contribution >= 4 is 0 Å². The van der Waals surface area contributed by atoms with Gasteiger partial charge in [-0.25, -0.2) is 4.39 Å². The van der Waals surface area contributed by atoms with Gasteiger partial charge in [0, 0.05) is 12.6 Å². The quantitative estimate of drug-likeness (QED) is 0.826. The summed E-state index contributed by atoms with van der Waals surface area (Å²) in [6.07, 6.45) is 2.68. The highest BCUT2D eigenvalue weighted by molar-refractivity contribution is 5.29. The topological polar surface area (TPSA) is 12.0 Å². The molecule has 0 aromatic heterocycles. The van der Waals surface area contributed by atoms with E-state index < -0.39 is 0 Å². The van der Waals surface area contributed by atoms with Crippen molar-refractivity contribution in [3.63, 3.8) is 0 Å². The van der Waals surface area contributed by atoms with Crippen molar-refractivity contribution in [2.75, 3.05) is 0 Å². The molecule has 1 aliphatic carbocycles. The van der Waals surface area contributed by atoms with E-state index in [4.69, 9.17) is 0 Å². The predicted molar refractivity (Wildman–Crippen MR) is 84.8 cm³/mol. The van der Waals surface area contributed by atoms with Gasteiger partial charge in [0.25, 0.3) is 0 Å². The van der Waals surface area contributed by atoms with Gasteiger partial charge in [-0.1, -0.05) is 36.4 Å². The maximum absolute atomic E-state index is 13.6. The normalized spacial score (nSPS) is 16.0. The van der Waals surface area contributed by atoms with Crippen molar-refractivity contribution in [2.45, 2.75) is 45.2 Å². The van der Waals surface area contributed by atoms with Crippen molar-refractivity contribution in [2.24, 2.45) is 0 Å². The molecule has 1 aliphatic rings. The number of hydrogen-bond donors (Lipinski definition) is 1. The van der Waals surface area contributed by atoms with Crippen LogP contribution in [0.5, 0.6) is 0 Å². The van der Waals surface area contributed by atoms with E-state index in [0.717, 1.165) is 18.0 Å². The Bertz CT molecular complexity index is 614. The van der Waals surface area contributed by atoms with Crippen LogP contribution in [-0.4, -0.2) is 0 Å². The molecular weight excluding hydrogens is 261 g/mol. The molecule has 110 valence electrons. The molecule has 1 N–H and O–H groups in total. The minimum atomic E-state index is -0.130. The van der Waals surface area contributed by atoms with Gasteiger partial charge in [0.15, 0.2) is 0 Å². The maximum atomic E-state index is 13.6. The SMILES string of the molecule is Cc1ccc(C(C)NCc2ccc(C3CC3)cc2)cc1F. The molecule has 1 fully saturated rings. The Hall–Kier alpha value is -1.67. The standard InChI is InChI=1S/C19H22FN/c1-13-3-6-18(11-19(13)20)14(2)21-12-15-4-7-16(8-5-15)17-9-10-17/h3-8,11,14,17,21H,9-10,12H2,1-2H3. The average Bonchev–Trinajstić information content (AvgIpc) is 3.33. The molecule has 0 radical (unpaired) electrons. The number of nitrogens with one attached hydrogen (secondary N) is 1. The summed E-state index contributed by atoms with van der Waals surface area (Å²) in [7, 11) is 0. The molecule has 21 heavy (non-hydrogen) atoms. The van der Waals surface area contributed by atoms with Gasteiger partial charge in [0.05, 0.1) is 0 Å². The van der Waals surface area contributed by atoms with Crippen LogP contribution in [-0.2, 0) is 6.54 Å². The summed E-state index contributed by atoms with van der Waals surface area (Å²) in [6.45, 7) is 4.67. The number of benzene rings is 2. The van der Waals surface area contributed by atoms with Crippen LogP contribution in [0.3, 0.4) is 0 Å². The summed E-state index contributed by atoms with van der Waals surface area (Å²) in [6, 6.07) is 14.5. The molecule has 3 rings (SSSR count). The molecule has 2 aromatic carbocycles. The summed E-state index contributed by atoms with van der Waals surface area (Å²) in [5, 5.41) is 3.46. The molecule has 0 heterocycles.